The first-order valence-electron chi connectivity index (χ1n) is 11.0. The molecular formula is C26H25NO7S. The maximum atomic E-state index is 12.5. The second kappa shape index (κ2) is 10.3. The third kappa shape index (κ3) is 5.36. The number of carbonyl (C=O) groups excluding carboxylic acids is 2. The van der Waals surface area contributed by atoms with Gasteiger partial charge in [-0.25, -0.2) is 9.59 Å². The number of aryl methyl sites for hydroxylation is 1. The maximum absolute atomic E-state index is 12.5. The van der Waals surface area contributed by atoms with E-state index in [2.05, 4.69) is 10.1 Å². The summed E-state index contributed by atoms with van der Waals surface area (Å²) in [6.07, 6.45) is -0.890. The number of nitrogens with one attached hydrogen (secondary N) is 1. The average molecular weight is 496 g/mol. The van der Waals surface area contributed by atoms with E-state index in [-0.39, 0.29) is 17.4 Å². The first-order valence-corrected chi connectivity index (χ1v) is 12.4. The molecule has 0 saturated carbocycles. The van der Waals surface area contributed by atoms with Crippen LogP contribution in [0.25, 0.3) is 11.1 Å². The van der Waals surface area contributed by atoms with E-state index in [9.17, 15) is 18.0 Å². The van der Waals surface area contributed by atoms with Crippen molar-refractivity contribution in [1.82, 2.24) is 5.32 Å². The monoisotopic (exact) mass is 495 g/mol. The molecule has 0 aromatic heterocycles. The maximum Gasteiger partial charge on any atom is 0.407 e. The van der Waals surface area contributed by atoms with E-state index >= 15 is 0 Å². The molecule has 0 fully saturated rings. The van der Waals surface area contributed by atoms with Crippen molar-refractivity contribution < 1.29 is 31.7 Å². The van der Waals surface area contributed by atoms with Crippen LogP contribution in [0, 0.1) is 6.92 Å². The van der Waals surface area contributed by atoms with Crippen molar-refractivity contribution in [2.75, 3.05) is 20.3 Å². The number of benzene rings is 3. The van der Waals surface area contributed by atoms with Crippen molar-refractivity contribution in [2.24, 2.45) is 0 Å². The highest BCUT2D eigenvalue weighted by atomic mass is 32.2. The van der Waals surface area contributed by atoms with Crippen LogP contribution in [0.15, 0.2) is 77.7 Å². The van der Waals surface area contributed by atoms with Crippen LogP contribution in [0.4, 0.5) is 4.79 Å². The summed E-state index contributed by atoms with van der Waals surface area (Å²) >= 11 is 0. The van der Waals surface area contributed by atoms with Crippen LogP contribution in [0.3, 0.4) is 0 Å². The molecule has 1 N–H and O–H groups in total. The highest BCUT2D eigenvalue weighted by Gasteiger charge is 2.30. The molecule has 0 radical (unpaired) electrons. The quantitative estimate of drug-likeness (QED) is 0.374. The Morgan fingerprint density at radius 3 is 2.06 bits per heavy atom. The summed E-state index contributed by atoms with van der Waals surface area (Å²) in [5.41, 5.74) is 5.13. The van der Waals surface area contributed by atoms with Crippen LogP contribution in [0.5, 0.6) is 0 Å². The van der Waals surface area contributed by atoms with Gasteiger partial charge in [-0.1, -0.05) is 66.2 Å². The lowest BCUT2D eigenvalue weighted by molar-refractivity contribution is -0.143. The number of hydrogen-bond acceptors (Lipinski definition) is 7. The van der Waals surface area contributed by atoms with Gasteiger partial charge in [0.2, 0.25) is 0 Å². The number of methoxy groups -OCH3 is 1. The van der Waals surface area contributed by atoms with Gasteiger partial charge in [-0.2, -0.15) is 8.42 Å². The lowest BCUT2D eigenvalue weighted by Crippen LogP contribution is -2.45. The van der Waals surface area contributed by atoms with Crippen molar-refractivity contribution in [3.8, 4) is 11.1 Å². The van der Waals surface area contributed by atoms with Crippen LogP contribution < -0.4 is 5.32 Å². The number of amides is 1. The number of rotatable bonds is 8. The Kier molecular flexibility index (Phi) is 7.18. The first kappa shape index (κ1) is 24.4. The summed E-state index contributed by atoms with van der Waals surface area (Å²) in [4.78, 5) is 24.6. The number of ether oxygens (including phenoxy) is 2. The molecular weight excluding hydrogens is 470 g/mol. The first-order chi connectivity index (χ1) is 16.8. The number of carbonyl (C=O) groups is 2. The minimum absolute atomic E-state index is 0.0380. The summed E-state index contributed by atoms with van der Waals surface area (Å²) in [6.45, 7) is 1.21. The highest BCUT2D eigenvalue weighted by Crippen LogP contribution is 2.44. The third-order valence-electron chi connectivity index (χ3n) is 5.82. The molecule has 0 heterocycles. The SMILES string of the molecule is COC(=O)[C@H](COS(=O)(=O)c1ccc(C)cc1)NC(=O)OCC1c2ccccc2-c2ccccc21. The molecule has 0 saturated heterocycles. The highest BCUT2D eigenvalue weighted by molar-refractivity contribution is 7.86. The van der Waals surface area contributed by atoms with Crippen LogP contribution in [0.1, 0.15) is 22.6 Å². The summed E-state index contributed by atoms with van der Waals surface area (Å²) in [5.74, 6) is -1.03. The van der Waals surface area contributed by atoms with Crippen molar-refractivity contribution in [1.29, 1.82) is 0 Å². The summed E-state index contributed by atoms with van der Waals surface area (Å²) < 4.78 is 40.1. The van der Waals surface area contributed by atoms with Crippen molar-refractivity contribution >= 4 is 22.2 Å². The predicted molar refractivity (Wildman–Crippen MR) is 128 cm³/mol. The van der Waals surface area contributed by atoms with Gasteiger partial charge in [0.15, 0.2) is 6.04 Å². The van der Waals surface area contributed by atoms with E-state index in [0.29, 0.717) is 0 Å². The lowest BCUT2D eigenvalue weighted by atomic mass is 9.98. The van der Waals surface area contributed by atoms with Crippen molar-refractivity contribution in [3.05, 3.63) is 89.5 Å². The van der Waals surface area contributed by atoms with Gasteiger partial charge in [-0.3, -0.25) is 4.18 Å². The van der Waals surface area contributed by atoms with Gasteiger partial charge in [-0.05, 0) is 41.3 Å². The second-order valence-corrected chi connectivity index (χ2v) is 9.71. The molecule has 182 valence electrons. The van der Waals surface area contributed by atoms with Crippen LogP contribution in [0.2, 0.25) is 0 Å². The molecule has 0 aliphatic heterocycles. The van der Waals surface area contributed by atoms with Gasteiger partial charge in [0.05, 0.1) is 18.6 Å². The minimum Gasteiger partial charge on any atom is -0.467 e. The van der Waals surface area contributed by atoms with E-state index in [1.807, 2.05) is 55.5 Å². The Balaban J connectivity index is 1.41. The topological polar surface area (TPSA) is 108 Å². The zero-order valence-electron chi connectivity index (χ0n) is 19.3. The summed E-state index contributed by atoms with van der Waals surface area (Å²) in [6, 6.07) is 20.5. The fraction of sp³-hybridized carbons (Fsp3) is 0.231. The standard InChI is InChI=1S/C26H25NO7S/c1-17-11-13-18(14-12-17)35(30,31)34-16-24(25(28)32-2)27-26(29)33-15-23-21-9-5-3-7-19(21)20-8-4-6-10-22(20)23/h3-14,23-24H,15-16H2,1-2H3,(H,27,29)/t24-/m0/s1. The Morgan fingerprint density at radius 2 is 1.49 bits per heavy atom. The zero-order chi connectivity index (χ0) is 25.0. The van der Waals surface area contributed by atoms with Crippen LogP contribution in [-0.2, 0) is 28.6 Å². The fourth-order valence-electron chi connectivity index (χ4n) is 4.02. The number of hydrogen-bond donors (Lipinski definition) is 1. The van der Waals surface area contributed by atoms with Gasteiger partial charge in [0.1, 0.15) is 6.61 Å². The Morgan fingerprint density at radius 1 is 0.914 bits per heavy atom. The molecule has 0 bridgehead atoms. The molecule has 1 aliphatic rings. The van der Waals surface area contributed by atoms with Crippen molar-refractivity contribution in [3.63, 3.8) is 0 Å². The van der Waals surface area contributed by atoms with Crippen LogP contribution in [-0.4, -0.2) is 46.8 Å². The average Bonchev–Trinajstić information content (AvgIpc) is 3.18. The molecule has 35 heavy (non-hydrogen) atoms. The van der Waals surface area contributed by atoms with E-state index in [1.54, 1.807) is 12.1 Å². The molecule has 3 aromatic carbocycles. The molecule has 1 amide bonds. The third-order valence-corrected chi connectivity index (χ3v) is 7.12. The number of alkyl carbamates (subject to hydrolysis) is 1. The molecule has 0 unspecified atom stereocenters. The normalized spacial score (nSPS) is 13.4. The van der Waals surface area contributed by atoms with Gasteiger partial charge in [0.25, 0.3) is 10.1 Å². The van der Waals surface area contributed by atoms with E-state index in [1.165, 1.54) is 12.1 Å². The Labute approximate surface area is 204 Å². The second-order valence-electron chi connectivity index (χ2n) is 8.10. The van der Waals surface area contributed by atoms with E-state index in [4.69, 9.17) is 8.92 Å². The summed E-state index contributed by atoms with van der Waals surface area (Å²) in [7, 11) is -3.01. The van der Waals surface area contributed by atoms with Gasteiger partial charge in [0, 0.05) is 5.92 Å². The van der Waals surface area contributed by atoms with Gasteiger partial charge in [-0.15, -0.1) is 0 Å². The molecule has 3 aromatic rings. The minimum atomic E-state index is -4.14. The predicted octanol–water partition coefficient (Wildman–Crippen LogP) is 3.78. The number of esters is 1. The van der Waals surface area contributed by atoms with Gasteiger partial charge >= 0.3 is 12.1 Å². The molecule has 0 spiro atoms. The fourth-order valence-corrected chi connectivity index (χ4v) is 4.94. The number of fused-ring (bicyclic) bond motifs is 3. The molecule has 9 heteroatoms. The largest absolute Gasteiger partial charge is 0.467 e. The van der Waals surface area contributed by atoms with Gasteiger partial charge < -0.3 is 14.8 Å². The smallest absolute Gasteiger partial charge is 0.407 e. The molecule has 1 aliphatic carbocycles. The van der Waals surface area contributed by atoms with E-state index < -0.39 is 34.8 Å². The van der Waals surface area contributed by atoms with Crippen molar-refractivity contribution in [2.45, 2.75) is 23.8 Å². The lowest BCUT2D eigenvalue weighted by Gasteiger charge is -2.18. The Hall–Kier alpha value is -3.69. The van der Waals surface area contributed by atoms with Crippen LogP contribution >= 0.6 is 0 Å². The molecule has 8 nitrogen and oxygen atoms in total. The Bertz CT molecular complexity index is 1290. The molecule has 4 rings (SSSR count). The zero-order valence-corrected chi connectivity index (χ0v) is 20.1. The van der Waals surface area contributed by atoms with E-state index in [0.717, 1.165) is 34.9 Å². The molecule has 1 atom stereocenters. The summed E-state index contributed by atoms with van der Waals surface area (Å²) in [5, 5.41) is 2.35.